The molecule has 3 heterocycles. The number of sulfone groups is 1. The largest absolute Gasteiger partial charge is 0.455 e. The molecule has 0 saturated carbocycles. The molecule has 0 bridgehead atoms. The Morgan fingerprint density at radius 1 is 1.10 bits per heavy atom. The van der Waals surface area contributed by atoms with Crippen LogP contribution in [0.5, 0.6) is 0 Å². The molecule has 0 aliphatic carbocycles. The Balaban J connectivity index is 2.21. The standard InChI is InChI=1S/C18H13ClF5N3O3S/c1-2-31(29,30)13-4-5-14(19)26-16(13)11-7-10-3-6-15(28)27(12(10)8-25-11)9-17(20,21)18(22,23)24/h3-8H,2,9H2,1H3. The van der Waals surface area contributed by atoms with Gasteiger partial charge in [-0.25, -0.2) is 13.4 Å². The summed E-state index contributed by atoms with van der Waals surface area (Å²) in [6.07, 6.45) is -4.94. The minimum atomic E-state index is -5.85. The molecule has 0 unspecified atom stereocenters. The molecular formula is C18H13ClF5N3O3S. The van der Waals surface area contributed by atoms with Gasteiger partial charge < -0.3 is 4.57 Å². The molecule has 0 atom stereocenters. The lowest BCUT2D eigenvalue weighted by atomic mass is 10.1. The van der Waals surface area contributed by atoms with Crippen molar-refractivity contribution >= 4 is 32.3 Å². The second-order valence-corrected chi connectivity index (χ2v) is 9.11. The van der Waals surface area contributed by atoms with Gasteiger partial charge in [0.1, 0.15) is 10.8 Å². The van der Waals surface area contributed by atoms with Crippen LogP contribution in [0, 0.1) is 0 Å². The molecule has 0 aliphatic rings. The fraction of sp³-hybridized carbons (Fsp3) is 0.278. The summed E-state index contributed by atoms with van der Waals surface area (Å²) in [7, 11) is -3.74. The predicted octanol–water partition coefficient (Wildman–Crippen LogP) is 4.10. The minimum Gasteiger partial charge on any atom is -0.300 e. The van der Waals surface area contributed by atoms with E-state index in [0.717, 1.165) is 12.3 Å². The first-order chi connectivity index (χ1) is 14.3. The van der Waals surface area contributed by atoms with E-state index in [9.17, 15) is 35.2 Å². The van der Waals surface area contributed by atoms with E-state index in [-0.39, 0.29) is 42.7 Å². The summed E-state index contributed by atoms with van der Waals surface area (Å²) in [5, 5.41) is 0.0333. The quantitative estimate of drug-likeness (QED) is 0.405. The van der Waals surface area contributed by atoms with Crippen LogP contribution in [0.3, 0.4) is 0 Å². The number of pyridine rings is 3. The number of alkyl halides is 5. The molecule has 166 valence electrons. The fourth-order valence-corrected chi connectivity index (χ4v) is 3.96. The Bertz CT molecular complexity index is 1320. The van der Waals surface area contributed by atoms with E-state index in [2.05, 4.69) is 9.97 Å². The van der Waals surface area contributed by atoms with E-state index in [1.807, 2.05) is 0 Å². The summed E-state index contributed by atoms with van der Waals surface area (Å²) in [6, 6.07) is 5.76. The summed E-state index contributed by atoms with van der Waals surface area (Å²) in [6.45, 7) is -0.514. The number of halogens is 6. The summed E-state index contributed by atoms with van der Waals surface area (Å²) < 4.78 is 89.9. The van der Waals surface area contributed by atoms with Crippen molar-refractivity contribution in [3.63, 3.8) is 0 Å². The van der Waals surface area contributed by atoms with Crippen LogP contribution in [-0.2, 0) is 16.4 Å². The van der Waals surface area contributed by atoms with Gasteiger partial charge in [-0.1, -0.05) is 18.5 Å². The van der Waals surface area contributed by atoms with Crippen molar-refractivity contribution in [3.05, 3.63) is 52.0 Å². The van der Waals surface area contributed by atoms with Crippen LogP contribution in [-0.4, -0.2) is 40.8 Å². The molecule has 13 heteroatoms. The Kier molecular flexibility index (Phi) is 5.82. The lowest BCUT2D eigenvalue weighted by Gasteiger charge is -2.21. The zero-order chi connectivity index (χ0) is 23.2. The molecule has 3 aromatic heterocycles. The van der Waals surface area contributed by atoms with E-state index in [1.54, 1.807) is 0 Å². The van der Waals surface area contributed by atoms with E-state index in [1.165, 1.54) is 31.2 Å². The number of hydrogen-bond acceptors (Lipinski definition) is 5. The normalized spacial score (nSPS) is 13.0. The highest BCUT2D eigenvalue weighted by molar-refractivity contribution is 7.91. The minimum absolute atomic E-state index is 0.0187. The van der Waals surface area contributed by atoms with Gasteiger partial charge in [-0.05, 0) is 24.3 Å². The molecule has 0 aliphatic heterocycles. The lowest BCUT2D eigenvalue weighted by molar-refractivity contribution is -0.286. The SMILES string of the molecule is CCS(=O)(=O)c1ccc(Cl)nc1-c1cc2ccc(=O)n(CC(F)(F)C(F)(F)F)c2cn1. The predicted molar refractivity (Wildman–Crippen MR) is 103 cm³/mol. The number of aromatic nitrogens is 3. The summed E-state index contributed by atoms with van der Waals surface area (Å²) in [5.74, 6) is -5.40. The van der Waals surface area contributed by atoms with Crippen molar-refractivity contribution in [2.75, 3.05) is 5.75 Å². The first-order valence-electron chi connectivity index (χ1n) is 8.60. The third kappa shape index (κ3) is 4.40. The Morgan fingerprint density at radius 3 is 2.39 bits per heavy atom. The zero-order valence-electron chi connectivity index (χ0n) is 15.6. The van der Waals surface area contributed by atoms with Crippen molar-refractivity contribution in [2.45, 2.75) is 30.5 Å². The number of rotatable bonds is 5. The Labute approximate surface area is 177 Å². The number of fused-ring (bicyclic) bond motifs is 1. The van der Waals surface area contributed by atoms with Crippen LogP contribution >= 0.6 is 11.6 Å². The highest BCUT2D eigenvalue weighted by Gasteiger charge is 2.57. The molecule has 0 N–H and O–H groups in total. The monoisotopic (exact) mass is 481 g/mol. The topological polar surface area (TPSA) is 81.9 Å². The van der Waals surface area contributed by atoms with Gasteiger partial charge >= 0.3 is 12.1 Å². The lowest BCUT2D eigenvalue weighted by Crippen LogP contribution is -2.42. The van der Waals surface area contributed by atoms with Gasteiger partial charge in [0.15, 0.2) is 9.84 Å². The molecule has 0 saturated heterocycles. The van der Waals surface area contributed by atoms with Gasteiger partial charge in [0.2, 0.25) is 0 Å². The maximum absolute atomic E-state index is 13.5. The third-order valence-corrected chi connectivity index (χ3v) is 6.40. The molecule has 3 rings (SSSR count). The summed E-state index contributed by atoms with van der Waals surface area (Å²) in [4.78, 5) is 19.7. The van der Waals surface area contributed by atoms with Crippen LogP contribution in [0.15, 0.2) is 46.2 Å². The molecule has 0 amide bonds. The molecule has 0 fully saturated rings. The highest BCUT2D eigenvalue weighted by atomic mass is 35.5. The van der Waals surface area contributed by atoms with E-state index in [0.29, 0.717) is 0 Å². The van der Waals surface area contributed by atoms with E-state index >= 15 is 0 Å². The molecule has 0 spiro atoms. The maximum atomic E-state index is 13.5. The third-order valence-electron chi connectivity index (χ3n) is 4.43. The van der Waals surface area contributed by atoms with Crippen molar-refractivity contribution in [2.24, 2.45) is 0 Å². The molecule has 31 heavy (non-hydrogen) atoms. The van der Waals surface area contributed by atoms with Crippen molar-refractivity contribution in [3.8, 4) is 11.4 Å². The maximum Gasteiger partial charge on any atom is 0.455 e. The molecule has 0 aromatic carbocycles. The highest BCUT2D eigenvalue weighted by Crippen LogP contribution is 2.37. The first kappa shape index (κ1) is 23.1. The van der Waals surface area contributed by atoms with Gasteiger partial charge in [-0.3, -0.25) is 9.78 Å². The summed E-state index contributed by atoms with van der Waals surface area (Å²) >= 11 is 5.87. The van der Waals surface area contributed by atoms with Crippen molar-refractivity contribution < 1.29 is 30.4 Å². The number of hydrogen-bond donors (Lipinski definition) is 0. The second-order valence-electron chi connectivity index (χ2n) is 6.47. The fourth-order valence-electron chi connectivity index (χ4n) is 2.79. The van der Waals surface area contributed by atoms with Crippen molar-refractivity contribution in [1.82, 2.24) is 14.5 Å². The molecular weight excluding hydrogens is 469 g/mol. The van der Waals surface area contributed by atoms with Gasteiger partial charge in [0, 0.05) is 11.5 Å². The number of nitrogens with zero attached hydrogens (tertiary/aromatic N) is 3. The van der Waals surface area contributed by atoms with Crippen LogP contribution in [0.1, 0.15) is 6.92 Å². The van der Waals surface area contributed by atoms with Crippen LogP contribution in [0.4, 0.5) is 22.0 Å². The second kappa shape index (κ2) is 7.83. The summed E-state index contributed by atoms with van der Waals surface area (Å²) in [5.41, 5.74) is -1.51. The first-order valence-corrected chi connectivity index (χ1v) is 10.6. The average molecular weight is 482 g/mol. The van der Waals surface area contributed by atoms with Crippen LogP contribution in [0.2, 0.25) is 5.15 Å². The van der Waals surface area contributed by atoms with Crippen LogP contribution < -0.4 is 5.56 Å². The average Bonchev–Trinajstić information content (AvgIpc) is 2.68. The van der Waals surface area contributed by atoms with E-state index in [4.69, 9.17) is 11.6 Å². The zero-order valence-corrected chi connectivity index (χ0v) is 17.2. The molecule has 0 radical (unpaired) electrons. The van der Waals surface area contributed by atoms with Gasteiger partial charge in [-0.2, -0.15) is 22.0 Å². The van der Waals surface area contributed by atoms with Crippen LogP contribution in [0.25, 0.3) is 22.3 Å². The van der Waals surface area contributed by atoms with E-state index < -0.39 is 34.0 Å². The molecule has 3 aromatic rings. The Hall–Kier alpha value is -2.60. The van der Waals surface area contributed by atoms with Gasteiger partial charge in [0.25, 0.3) is 5.56 Å². The molecule has 6 nitrogen and oxygen atoms in total. The Morgan fingerprint density at radius 2 is 1.77 bits per heavy atom. The van der Waals surface area contributed by atoms with Crippen molar-refractivity contribution in [1.29, 1.82) is 0 Å². The smallest absolute Gasteiger partial charge is 0.300 e. The van der Waals surface area contributed by atoms with Gasteiger partial charge in [-0.15, -0.1) is 0 Å². The van der Waals surface area contributed by atoms with Gasteiger partial charge in [0.05, 0.1) is 34.6 Å².